The van der Waals surface area contributed by atoms with Crippen molar-refractivity contribution < 1.29 is 4.42 Å². The van der Waals surface area contributed by atoms with Gasteiger partial charge < -0.3 is 4.42 Å². The molecule has 0 spiro atoms. The molecule has 5 rings (SSSR count). The zero-order valence-corrected chi connectivity index (χ0v) is 16.5. The Balaban J connectivity index is 1.79. The number of rotatable bonds is 3. The number of hydrogen-bond acceptors (Lipinski definition) is 2. The first kappa shape index (κ1) is 17.4. The van der Waals surface area contributed by atoms with E-state index in [2.05, 4.69) is 74.5 Å². The minimum Gasteiger partial charge on any atom is -0.454 e. The van der Waals surface area contributed by atoms with E-state index >= 15 is 0 Å². The highest BCUT2D eigenvalue weighted by Crippen LogP contribution is 2.41. The van der Waals surface area contributed by atoms with Crippen LogP contribution in [0.5, 0.6) is 0 Å². The van der Waals surface area contributed by atoms with Crippen molar-refractivity contribution in [2.45, 2.75) is 13.8 Å². The van der Waals surface area contributed by atoms with Crippen LogP contribution in [0.2, 0.25) is 0 Å². The van der Waals surface area contributed by atoms with Crippen molar-refractivity contribution in [2.75, 3.05) is 0 Å². The molecule has 0 saturated carbocycles. The third-order valence-corrected chi connectivity index (χ3v) is 5.19. The van der Waals surface area contributed by atoms with Gasteiger partial charge in [0, 0.05) is 22.1 Å². The van der Waals surface area contributed by atoms with E-state index in [1.165, 1.54) is 11.1 Å². The second-order valence-corrected chi connectivity index (χ2v) is 7.48. The van der Waals surface area contributed by atoms with Gasteiger partial charge in [0.1, 0.15) is 5.76 Å². The van der Waals surface area contributed by atoms with E-state index in [9.17, 15) is 0 Å². The van der Waals surface area contributed by atoms with Crippen molar-refractivity contribution in [3.63, 3.8) is 0 Å². The lowest BCUT2D eigenvalue weighted by Crippen LogP contribution is -1.87. The first-order valence-corrected chi connectivity index (χ1v) is 9.81. The van der Waals surface area contributed by atoms with E-state index < -0.39 is 0 Å². The average Bonchev–Trinajstić information content (AvgIpc) is 3.13. The smallest absolute Gasteiger partial charge is 0.153 e. The van der Waals surface area contributed by atoms with Crippen molar-refractivity contribution in [3.8, 4) is 33.7 Å². The number of aromatic nitrogens is 1. The summed E-state index contributed by atoms with van der Waals surface area (Å²) in [5.41, 5.74) is 8.69. The van der Waals surface area contributed by atoms with Crippen LogP contribution < -0.4 is 0 Å². The minimum atomic E-state index is 0.802. The summed E-state index contributed by atoms with van der Waals surface area (Å²) in [4.78, 5) is 4.71. The first-order chi connectivity index (χ1) is 14.2. The van der Waals surface area contributed by atoms with Crippen LogP contribution in [-0.2, 0) is 0 Å². The molecule has 2 nitrogen and oxygen atoms in total. The topological polar surface area (TPSA) is 26.0 Å². The van der Waals surface area contributed by atoms with Gasteiger partial charge in [-0.15, -0.1) is 0 Å². The molecule has 0 fully saturated rings. The molecule has 140 valence electrons. The summed E-state index contributed by atoms with van der Waals surface area (Å²) in [5, 5.41) is 1.08. The number of aryl methyl sites for hydroxylation is 2. The van der Waals surface area contributed by atoms with Gasteiger partial charge in [0.25, 0.3) is 0 Å². The van der Waals surface area contributed by atoms with Crippen molar-refractivity contribution in [3.05, 3.63) is 102 Å². The molecule has 0 bridgehead atoms. The van der Waals surface area contributed by atoms with Crippen molar-refractivity contribution in [2.24, 2.45) is 0 Å². The van der Waals surface area contributed by atoms with Crippen LogP contribution in [0.4, 0.5) is 0 Å². The molecule has 0 aliphatic carbocycles. The normalized spacial score (nSPS) is 11.1. The second-order valence-electron chi connectivity index (χ2n) is 7.48. The standard InChI is InChI=1S/C27H21NO/c1-18-13-19(2)15-22(14-18)24-16-23-25(17-28-24)29-27(21-11-7-4-8-12-21)26(23)20-9-5-3-6-10-20/h3-17H,1-2H3. The molecule has 0 saturated heterocycles. The Labute approximate surface area is 170 Å². The van der Waals surface area contributed by atoms with Crippen LogP contribution in [0.25, 0.3) is 44.7 Å². The maximum atomic E-state index is 6.32. The highest BCUT2D eigenvalue weighted by molar-refractivity contribution is 6.02. The highest BCUT2D eigenvalue weighted by Gasteiger charge is 2.18. The van der Waals surface area contributed by atoms with Crippen molar-refractivity contribution in [1.82, 2.24) is 4.98 Å². The molecule has 2 heteroatoms. The number of hydrogen-bond donors (Lipinski definition) is 0. The molecule has 0 radical (unpaired) electrons. The van der Waals surface area contributed by atoms with E-state index in [4.69, 9.17) is 9.40 Å². The molecule has 0 aliphatic heterocycles. The van der Waals surface area contributed by atoms with Crippen molar-refractivity contribution >= 4 is 11.0 Å². The number of nitrogens with zero attached hydrogens (tertiary/aromatic N) is 1. The molecule has 0 unspecified atom stereocenters. The molecule has 0 amide bonds. The fraction of sp³-hybridized carbons (Fsp3) is 0.0741. The summed E-state index contributed by atoms with van der Waals surface area (Å²) < 4.78 is 6.32. The molecular weight excluding hydrogens is 354 g/mol. The molecule has 29 heavy (non-hydrogen) atoms. The SMILES string of the molecule is Cc1cc(C)cc(-c2cc3c(-c4ccccc4)c(-c4ccccc4)oc3cn2)c1. The molecular formula is C27H21NO. The monoisotopic (exact) mass is 375 g/mol. The predicted molar refractivity (Wildman–Crippen MR) is 120 cm³/mol. The number of furan rings is 1. The Morgan fingerprint density at radius 3 is 1.93 bits per heavy atom. The van der Waals surface area contributed by atoms with Crippen LogP contribution in [0, 0.1) is 13.8 Å². The zero-order valence-electron chi connectivity index (χ0n) is 16.5. The second kappa shape index (κ2) is 7.06. The highest BCUT2D eigenvalue weighted by atomic mass is 16.3. The summed E-state index contributed by atoms with van der Waals surface area (Å²) in [5.74, 6) is 0.881. The Kier molecular flexibility index (Phi) is 4.25. The maximum absolute atomic E-state index is 6.32. The van der Waals surface area contributed by atoms with Gasteiger partial charge in [-0.05, 0) is 37.6 Å². The Bertz CT molecular complexity index is 1280. The van der Waals surface area contributed by atoms with Gasteiger partial charge in [-0.2, -0.15) is 0 Å². The lowest BCUT2D eigenvalue weighted by molar-refractivity contribution is 0.631. The van der Waals surface area contributed by atoms with Crippen LogP contribution in [0.15, 0.2) is 95.5 Å². The number of benzene rings is 3. The van der Waals surface area contributed by atoms with Crippen molar-refractivity contribution in [1.29, 1.82) is 0 Å². The van der Waals surface area contributed by atoms with Crippen LogP contribution in [0.1, 0.15) is 11.1 Å². The molecule has 5 aromatic rings. The third-order valence-electron chi connectivity index (χ3n) is 5.19. The summed E-state index contributed by atoms with van der Waals surface area (Å²) >= 11 is 0. The van der Waals surface area contributed by atoms with E-state index in [1.807, 2.05) is 30.5 Å². The summed E-state index contributed by atoms with van der Waals surface area (Å²) in [6, 6.07) is 29.4. The van der Waals surface area contributed by atoms with Gasteiger partial charge >= 0.3 is 0 Å². The lowest BCUT2D eigenvalue weighted by Gasteiger charge is -2.06. The largest absolute Gasteiger partial charge is 0.454 e. The first-order valence-electron chi connectivity index (χ1n) is 9.81. The maximum Gasteiger partial charge on any atom is 0.153 e. The Hall–Kier alpha value is -3.65. The van der Waals surface area contributed by atoms with Gasteiger partial charge in [0.2, 0.25) is 0 Å². The lowest BCUT2D eigenvalue weighted by atomic mass is 9.97. The number of fused-ring (bicyclic) bond motifs is 1. The van der Waals surface area contributed by atoms with E-state index in [0.717, 1.165) is 44.7 Å². The van der Waals surface area contributed by atoms with E-state index in [1.54, 1.807) is 0 Å². The Morgan fingerprint density at radius 1 is 0.655 bits per heavy atom. The van der Waals surface area contributed by atoms with E-state index in [0.29, 0.717) is 0 Å². The van der Waals surface area contributed by atoms with Gasteiger partial charge in [-0.1, -0.05) is 77.9 Å². The summed E-state index contributed by atoms with van der Waals surface area (Å²) in [6.45, 7) is 4.24. The minimum absolute atomic E-state index is 0.802. The number of pyridine rings is 1. The fourth-order valence-corrected chi connectivity index (χ4v) is 3.97. The molecule has 0 N–H and O–H groups in total. The third kappa shape index (κ3) is 3.23. The van der Waals surface area contributed by atoms with E-state index in [-0.39, 0.29) is 0 Å². The fourth-order valence-electron chi connectivity index (χ4n) is 3.97. The quantitative estimate of drug-likeness (QED) is 0.327. The van der Waals surface area contributed by atoms with Gasteiger partial charge in [-0.3, -0.25) is 4.98 Å². The Morgan fingerprint density at radius 2 is 1.28 bits per heavy atom. The summed E-state index contributed by atoms with van der Waals surface area (Å²) in [6.07, 6.45) is 1.85. The molecule has 0 aliphatic rings. The van der Waals surface area contributed by atoms with Crippen LogP contribution in [-0.4, -0.2) is 4.98 Å². The summed E-state index contributed by atoms with van der Waals surface area (Å²) in [7, 11) is 0. The van der Waals surface area contributed by atoms with Crippen LogP contribution in [0.3, 0.4) is 0 Å². The molecule has 0 atom stereocenters. The molecule has 2 heterocycles. The average molecular weight is 375 g/mol. The van der Waals surface area contributed by atoms with Gasteiger partial charge in [0.15, 0.2) is 5.58 Å². The van der Waals surface area contributed by atoms with Crippen LogP contribution >= 0.6 is 0 Å². The molecule has 2 aromatic heterocycles. The van der Waals surface area contributed by atoms with Gasteiger partial charge in [-0.25, -0.2) is 0 Å². The van der Waals surface area contributed by atoms with Gasteiger partial charge in [0.05, 0.1) is 11.9 Å². The zero-order chi connectivity index (χ0) is 19.8. The molecule has 3 aromatic carbocycles. The predicted octanol–water partition coefficient (Wildman–Crippen LogP) is 7.45.